The molecule has 0 aromatic carbocycles. The van der Waals surface area contributed by atoms with Crippen LogP contribution in [0, 0.1) is 0 Å². The summed E-state index contributed by atoms with van der Waals surface area (Å²) in [7, 11) is 1.62. The number of hydrogen-bond acceptors (Lipinski definition) is 5. The number of nitrogens with zero attached hydrogens (tertiary/aromatic N) is 3. The number of carbonyl (C=O) groups excluding carboxylic acids is 1. The molecule has 7 heteroatoms. The SMILES string of the molecule is COCCNC(=O)CCNCc1nnc2n1CCCC2. The number of aromatic nitrogens is 3. The standard InChI is InChI=1S/C13H23N5O2/c1-20-9-7-15-13(19)5-6-14-10-12-17-16-11-4-2-3-8-18(11)12/h14H,2-10H2,1H3,(H,15,19). The third-order valence-electron chi connectivity index (χ3n) is 3.38. The topological polar surface area (TPSA) is 81.1 Å². The lowest BCUT2D eigenvalue weighted by molar-refractivity contribution is -0.121. The smallest absolute Gasteiger partial charge is 0.221 e. The first-order valence-electron chi connectivity index (χ1n) is 7.18. The Balaban J connectivity index is 1.64. The van der Waals surface area contributed by atoms with Crippen molar-refractivity contribution >= 4 is 5.91 Å². The second-order valence-electron chi connectivity index (χ2n) is 4.91. The Hall–Kier alpha value is -1.47. The zero-order valence-corrected chi connectivity index (χ0v) is 12.0. The lowest BCUT2D eigenvalue weighted by Crippen LogP contribution is -2.30. The number of nitrogens with one attached hydrogen (secondary N) is 2. The van der Waals surface area contributed by atoms with Gasteiger partial charge in [0.25, 0.3) is 0 Å². The van der Waals surface area contributed by atoms with Gasteiger partial charge in [-0.25, -0.2) is 0 Å². The lowest BCUT2D eigenvalue weighted by Gasteiger charge is -2.14. The number of hydrogen-bond donors (Lipinski definition) is 2. The lowest BCUT2D eigenvalue weighted by atomic mass is 10.2. The van der Waals surface area contributed by atoms with E-state index in [1.54, 1.807) is 7.11 Å². The number of aryl methyl sites for hydroxylation is 1. The van der Waals surface area contributed by atoms with E-state index in [9.17, 15) is 4.79 Å². The van der Waals surface area contributed by atoms with Gasteiger partial charge in [0.1, 0.15) is 11.6 Å². The van der Waals surface area contributed by atoms with Gasteiger partial charge in [-0.3, -0.25) is 4.79 Å². The predicted molar refractivity (Wildman–Crippen MR) is 74.2 cm³/mol. The van der Waals surface area contributed by atoms with Crippen molar-refractivity contribution in [2.45, 2.75) is 38.8 Å². The molecule has 0 unspecified atom stereocenters. The molecular formula is C13H23N5O2. The molecule has 0 bridgehead atoms. The molecule has 0 saturated carbocycles. The van der Waals surface area contributed by atoms with Crippen molar-refractivity contribution in [3.63, 3.8) is 0 Å². The maximum absolute atomic E-state index is 11.5. The van der Waals surface area contributed by atoms with Crippen LogP contribution in [0.2, 0.25) is 0 Å². The number of carbonyl (C=O) groups is 1. The molecule has 1 amide bonds. The van der Waals surface area contributed by atoms with Gasteiger partial charge in [-0.15, -0.1) is 10.2 Å². The number of methoxy groups -OCH3 is 1. The summed E-state index contributed by atoms with van der Waals surface area (Å²) in [6, 6.07) is 0. The molecule has 1 aromatic heterocycles. The summed E-state index contributed by atoms with van der Waals surface area (Å²) >= 11 is 0. The van der Waals surface area contributed by atoms with Gasteiger partial charge in [0.15, 0.2) is 0 Å². The molecule has 2 N–H and O–H groups in total. The highest BCUT2D eigenvalue weighted by Crippen LogP contribution is 2.13. The van der Waals surface area contributed by atoms with Gasteiger partial charge in [0.2, 0.25) is 5.91 Å². The van der Waals surface area contributed by atoms with E-state index in [1.165, 1.54) is 12.8 Å². The van der Waals surface area contributed by atoms with Gasteiger partial charge in [0.05, 0.1) is 13.2 Å². The first-order chi connectivity index (χ1) is 9.81. The van der Waals surface area contributed by atoms with Crippen molar-refractivity contribution in [1.29, 1.82) is 0 Å². The molecule has 0 fully saturated rings. The maximum Gasteiger partial charge on any atom is 0.221 e. The fourth-order valence-corrected chi connectivity index (χ4v) is 2.28. The van der Waals surface area contributed by atoms with Crippen molar-refractivity contribution in [3.05, 3.63) is 11.6 Å². The van der Waals surface area contributed by atoms with E-state index in [0.717, 1.165) is 24.6 Å². The quantitative estimate of drug-likeness (QED) is 0.648. The van der Waals surface area contributed by atoms with Crippen molar-refractivity contribution in [3.8, 4) is 0 Å². The molecule has 20 heavy (non-hydrogen) atoms. The van der Waals surface area contributed by atoms with Crippen LogP contribution in [-0.2, 0) is 29.0 Å². The van der Waals surface area contributed by atoms with E-state index in [2.05, 4.69) is 25.4 Å². The zero-order valence-electron chi connectivity index (χ0n) is 12.0. The van der Waals surface area contributed by atoms with Crippen molar-refractivity contribution in [1.82, 2.24) is 25.4 Å². The second-order valence-corrected chi connectivity index (χ2v) is 4.91. The van der Waals surface area contributed by atoms with Crippen LogP contribution in [0.5, 0.6) is 0 Å². The van der Waals surface area contributed by atoms with E-state index in [-0.39, 0.29) is 5.91 Å². The highest BCUT2D eigenvalue weighted by Gasteiger charge is 2.14. The summed E-state index contributed by atoms with van der Waals surface area (Å²) in [4.78, 5) is 11.5. The predicted octanol–water partition coefficient (Wildman–Crippen LogP) is -0.143. The first kappa shape index (κ1) is 14.9. The number of rotatable bonds is 8. The largest absolute Gasteiger partial charge is 0.383 e. The van der Waals surface area contributed by atoms with Gasteiger partial charge < -0.3 is 19.9 Å². The third-order valence-corrected chi connectivity index (χ3v) is 3.38. The van der Waals surface area contributed by atoms with Crippen LogP contribution in [0.25, 0.3) is 0 Å². The summed E-state index contributed by atoms with van der Waals surface area (Å²) < 4.78 is 7.06. The minimum Gasteiger partial charge on any atom is -0.383 e. The summed E-state index contributed by atoms with van der Waals surface area (Å²) in [6.07, 6.45) is 3.88. The van der Waals surface area contributed by atoms with Crippen LogP contribution in [0.15, 0.2) is 0 Å². The van der Waals surface area contributed by atoms with Crippen LogP contribution in [0.3, 0.4) is 0 Å². The van der Waals surface area contributed by atoms with E-state index in [0.29, 0.717) is 32.7 Å². The fraction of sp³-hybridized carbons (Fsp3) is 0.769. The molecule has 1 aliphatic rings. The Morgan fingerprint density at radius 1 is 1.35 bits per heavy atom. The normalized spacial score (nSPS) is 14.1. The van der Waals surface area contributed by atoms with Crippen molar-refractivity contribution < 1.29 is 9.53 Å². The van der Waals surface area contributed by atoms with Crippen LogP contribution in [0.4, 0.5) is 0 Å². The van der Waals surface area contributed by atoms with Gasteiger partial charge in [-0.2, -0.15) is 0 Å². The van der Waals surface area contributed by atoms with Gasteiger partial charge in [-0.1, -0.05) is 0 Å². The molecule has 1 aliphatic heterocycles. The molecule has 2 heterocycles. The molecule has 0 aliphatic carbocycles. The molecular weight excluding hydrogens is 258 g/mol. The summed E-state index contributed by atoms with van der Waals surface area (Å²) in [5, 5.41) is 14.4. The van der Waals surface area contributed by atoms with Crippen LogP contribution >= 0.6 is 0 Å². The maximum atomic E-state index is 11.5. The average molecular weight is 281 g/mol. The van der Waals surface area contributed by atoms with Crippen LogP contribution in [-0.4, -0.2) is 47.5 Å². The fourth-order valence-electron chi connectivity index (χ4n) is 2.28. The summed E-state index contributed by atoms with van der Waals surface area (Å²) in [5.41, 5.74) is 0. The van der Waals surface area contributed by atoms with Gasteiger partial charge in [0, 0.05) is 39.6 Å². The Morgan fingerprint density at radius 2 is 2.25 bits per heavy atom. The molecule has 112 valence electrons. The minimum atomic E-state index is 0.0397. The minimum absolute atomic E-state index is 0.0397. The van der Waals surface area contributed by atoms with Crippen LogP contribution in [0.1, 0.15) is 30.9 Å². The molecule has 7 nitrogen and oxygen atoms in total. The Kier molecular flexibility index (Phi) is 5.94. The summed E-state index contributed by atoms with van der Waals surface area (Å²) in [5.74, 6) is 2.10. The molecule has 1 aromatic rings. The van der Waals surface area contributed by atoms with E-state index >= 15 is 0 Å². The second kappa shape index (κ2) is 7.96. The molecule has 0 saturated heterocycles. The van der Waals surface area contributed by atoms with Gasteiger partial charge in [-0.05, 0) is 12.8 Å². The van der Waals surface area contributed by atoms with Gasteiger partial charge >= 0.3 is 0 Å². The van der Waals surface area contributed by atoms with E-state index < -0.39 is 0 Å². The van der Waals surface area contributed by atoms with Crippen molar-refractivity contribution in [2.75, 3.05) is 26.8 Å². The first-order valence-corrected chi connectivity index (χ1v) is 7.18. The summed E-state index contributed by atoms with van der Waals surface area (Å²) in [6.45, 7) is 3.42. The molecule has 2 rings (SSSR count). The van der Waals surface area contributed by atoms with E-state index in [4.69, 9.17) is 4.74 Å². The number of ether oxygens (including phenoxy) is 1. The number of amides is 1. The monoisotopic (exact) mass is 281 g/mol. The molecule has 0 spiro atoms. The highest BCUT2D eigenvalue weighted by molar-refractivity contribution is 5.75. The highest BCUT2D eigenvalue weighted by atomic mass is 16.5. The Bertz CT molecular complexity index is 432. The molecule has 0 atom stereocenters. The van der Waals surface area contributed by atoms with E-state index in [1.807, 2.05) is 0 Å². The Morgan fingerprint density at radius 3 is 3.10 bits per heavy atom. The Labute approximate surface area is 119 Å². The van der Waals surface area contributed by atoms with Crippen molar-refractivity contribution in [2.24, 2.45) is 0 Å². The molecule has 0 radical (unpaired) electrons. The van der Waals surface area contributed by atoms with Crippen LogP contribution < -0.4 is 10.6 Å². The zero-order chi connectivity index (χ0) is 14.2. The number of fused-ring (bicyclic) bond motifs is 1. The average Bonchev–Trinajstić information content (AvgIpc) is 2.87. The third kappa shape index (κ3) is 4.28.